The summed E-state index contributed by atoms with van der Waals surface area (Å²) in [6, 6.07) is 0.463. The monoisotopic (exact) mass is 315 g/mol. The van der Waals surface area contributed by atoms with Crippen LogP contribution >= 0.6 is 15.9 Å². The molecule has 3 atom stereocenters. The summed E-state index contributed by atoms with van der Waals surface area (Å²) in [5.41, 5.74) is 0.720. The van der Waals surface area contributed by atoms with E-state index in [-0.39, 0.29) is 4.83 Å². The molecule has 2 bridgehead atoms. The summed E-state index contributed by atoms with van der Waals surface area (Å²) in [5, 5.41) is 0. The molecule has 0 N–H and O–H groups in total. The molecule has 1 aliphatic heterocycles. The van der Waals surface area contributed by atoms with Gasteiger partial charge < -0.3 is 4.90 Å². The van der Waals surface area contributed by atoms with Crippen molar-refractivity contribution in [1.29, 1.82) is 0 Å². The van der Waals surface area contributed by atoms with Crippen molar-refractivity contribution in [2.45, 2.75) is 64.8 Å². The Morgan fingerprint density at radius 3 is 2.44 bits per heavy atom. The van der Waals surface area contributed by atoms with Gasteiger partial charge in [-0.25, -0.2) is 0 Å². The van der Waals surface area contributed by atoms with Crippen LogP contribution in [0.15, 0.2) is 0 Å². The van der Waals surface area contributed by atoms with Gasteiger partial charge in [-0.05, 0) is 36.0 Å². The van der Waals surface area contributed by atoms with E-state index in [0.29, 0.717) is 28.7 Å². The van der Waals surface area contributed by atoms with Crippen molar-refractivity contribution in [3.8, 4) is 0 Å². The Kier molecular flexibility index (Phi) is 3.59. The van der Waals surface area contributed by atoms with Gasteiger partial charge in [0.25, 0.3) is 0 Å². The standard InChI is InChI=1S/C15H26BrNO/c1-10(2)12(16)13(18)17-9-15(5)7-11(17)6-14(3,4)8-15/h10-12H,6-9H2,1-5H3. The lowest BCUT2D eigenvalue weighted by molar-refractivity contribution is -0.132. The summed E-state index contributed by atoms with van der Waals surface area (Å²) in [6.07, 6.45) is 3.60. The SMILES string of the molecule is CC(C)C(Br)C(=O)N1CC2(C)CC1CC(C)(C)C2. The van der Waals surface area contributed by atoms with E-state index < -0.39 is 0 Å². The number of carbonyl (C=O) groups is 1. The van der Waals surface area contributed by atoms with Crippen LogP contribution < -0.4 is 0 Å². The molecule has 3 unspecified atom stereocenters. The number of halogens is 1. The average Bonchev–Trinajstić information content (AvgIpc) is 2.45. The third-order valence-electron chi connectivity index (χ3n) is 4.52. The quantitative estimate of drug-likeness (QED) is 0.709. The minimum atomic E-state index is -0.0245. The number of alkyl halides is 1. The molecule has 104 valence electrons. The number of rotatable bonds is 2. The van der Waals surface area contributed by atoms with Crippen molar-refractivity contribution >= 4 is 21.8 Å². The van der Waals surface area contributed by atoms with E-state index in [4.69, 9.17) is 0 Å². The van der Waals surface area contributed by atoms with Gasteiger partial charge in [-0.1, -0.05) is 50.5 Å². The van der Waals surface area contributed by atoms with Crippen molar-refractivity contribution < 1.29 is 4.79 Å². The average molecular weight is 316 g/mol. The first-order chi connectivity index (χ1) is 8.14. The Labute approximate surface area is 120 Å². The smallest absolute Gasteiger partial charge is 0.236 e. The van der Waals surface area contributed by atoms with Gasteiger partial charge >= 0.3 is 0 Å². The zero-order valence-corrected chi connectivity index (χ0v) is 13.9. The maximum Gasteiger partial charge on any atom is 0.236 e. The fourth-order valence-electron chi connectivity index (χ4n) is 4.16. The second-order valence-electron chi connectivity index (χ2n) is 7.83. The summed E-state index contributed by atoms with van der Waals surface area (Å²) in [5.74, 6) is 0.662. The topological polar surface area (TPSA) is 20.3 Å². The Hall–Kier alpha value is -0.0500. The van der Waals surface area contributed by atoms with E-state index in [1.54, 1.807) is 0 Å². The minimum Gasteiger partial charge on any atom is -0.338 e. The molecule has 18 heavy (non-hydrogen) atoms. The Morgan fingerprint density at radius 2 is 1.89 bits per heavy atom. The molecular weight excluding hydrogens is 290 g/mol. The van der Waals surface area contributed by atoms with Gasteiger partial charge in [-0.2, -0.15) is 0 Å². The normalized spacial score (nSPS) is 35.9. The first kappa shape index (κ1) is 14.4. The van der Waals surface area contributed by atoms with Crippen molar-refractivity contribution in [2.24, 2.45) is 16.7 Å². The van der Waals surface area contributed by atoms with Crippen LogP contribution in [-0.4, -0.2) is 28.2 Å². The molecular formula is C15H26BrNO. The maximum atomic E-state index is 12.6. The first-order valence-electron chi connectivity index (χ1n) is 7.08. The molecule has 0 aromatic carbocycles. The Balaban J connectivity index is 2.16. The molecule has 2 nitrogen and oxygen atoms in total. The highest BCUT2D eigenvalue weighted by Gasteiger charge is 2.51. The van der Waals surface area contributed by atoms with E-state index in [2.05, 4.69) is 55.4 Å². The predicted octanol–water partition coefficient (Wildman–Crippen LogP) is 3.83. The largest absolute Gasteiger partial charge is 0.338 e. The number of amides is 1. The van der Waals surface area contributed by atoms with Gasteiger partial charge in [-0.3, -0.25) is 4.79 Å². The van der Waals surface area contributed by atoms with Crippen LogP contribution in [0.25, 0.3) is 0 Å². The highest BCUT2D eigenvalue weighted by Crippen LogP contribution is 2.52. The second kappa shape index (κ2) is 4.50. The summed E-state index contributed by atoms with van der Waals surface area (Å²) in [6.45, 7) is 12.2. The lowest BCUT2D eigenvalue weighted by Gasteiger charge is -2.39. The summed E-state index contributed by atoms with van der Waals surface area (Å²) in [7, 11) is 0. The molecule has 2 fully saturated rings. The lowest BCUT2D eigenvalue weighted by atomic mass is 9.65. The highest BCUT2D eigenvalue weighted by molar-refractivity contribution is 9.10. The number of carbonyl (C=O) groups excluding carboxylic acids is 1. The molecule has 0 radical (unpaired) electrons. The molecule has 1 amide bonds. The van der Waals surface area contributed by atoms with Crippen LogP contribution in [-0.2, 0) is 4.79 Å². The molecule has 0 spiro atoms. The zero-order chi connectivity index (χ0) is 13.7. The van der Waals surface area contributed by atoms with Crippen molar-refractivity contribution in [2.75, 3.05) is 6.54 Å². The van der Waals surface area contributed by atoms with Crippen LogP contribution in [0, 0.1) is 16.7 Å². The summed E-state index contributed by atoms with van der Waals surface area (Å²) >= 11 is 3.57. The van der Waals surface area contributed by atoms with Crippen LogP contribution in [0.1, 0.15) is 53.9 Å². The van der Waals surface area contributed by atoms with Crippen LogP contribution in [0.5, 0.6) is 0 Å². The van der Waals surface area contributed by atoms with Gasteiger partial charge in [0.1, 0.15) is 0 Å². The number of hydrogen-bond acceptors (Lipinski definition) is 1. The number of fused-ring (bicyclic) bond motifs is 2. The van der Waals surface area contributed by atoms with E-state index >= 15 is 0 Å². The molecule has 0 aromatic rings. The van der Waals surface area contributed by atoms with Gasteiger partial charge in [0, 0.05) is 12.6 Å². The maximum absolute atomic E-state index is 12.6. The molecule has 2 rings (SSSR count). The number of nitrogens with zero attached hydrogens (tertiary/aromatic N) is 1. The number of hydrogen-bond donors (Lipinski definition) is 0. The molecule has 3 heteroatoms. The van der Waals surface area contributed by atoms with E-state index in [9.17, 15) is 4.79 Å². The first-order valence-corrected chi connectivity index (χ1v) is 8.00. The molecule has 1 saturated carbocycles. The second-order valence-corrected chi connectivity index (χ2v) is 8.81. The molecule has 2 aliphatic rings. The van der Waals surface area contributed by atoms with Crippen LogP contribution in [0.2, 0.25) is 0 Å². The molecule has 1 aliphatic carbocycles. The van der Waals surface area contributed by atoms with E-state index in [1.807, 2.05) is 0 Å². The van der Waals surface area contributed by atoms with Gasteiger partial charge in [0.05, 0.1) is 4.83 Å². The van der Waals surface area contributed by atoms with Crippen molar-refractivity contribution in [1.82, 2.24) is 4.90 Å². The van der Waals surface area contributed by atoms with Crippen molar-refractivity contribution in [3.63, 3.8) is 0 Å². The molecule has 0 aromatic heterocycles. The van der Waals surface area contributed by atoms with E-state index in [0.717, 1.165) is 13.0 Å². The third kappa shape index (κ3) is 2.61. The van der Waals surface area contributed by atoms with Gasteiger partial charge in [0.15, 0.2) is 0 Å². The van der Waals surface area contributed by atoms with E-state index in [1.165, 1.54) is 12.8 Å². The fraction of sp³-hybridized carbons (Fsp3) is 0.933. The summed E-state index contributed by atoms with van der Waals surface area (Å²) < 4.78 is 0. The van der Waals surface area contributed by atoms with Gasteiger partial charge in [0.2, 0.25) is 5.91 Å². The minimum absolute atomic E-state index is 0.0245. The Morgan fingerprint density at radius 1 is 1.28 bits per heavy atom. The third-order valence-corrected chi connectivity index (χ3v) is 5.97. The molecule has 1 saturated heterocycles. The van der Waals surface area contributed by atoms with Crippen molar-refractivity contribution in [3.05, 3.63) is 0 Å². The zero-order valence-electron chi connectivity index (χ0n) is 12.3. The van der Waals surface area contributed by atoms with Gasteiger partial charge in [-0.15, -0.1) is 0 Å². The lowest BCUT2D eigenvalue weighted by Crippen LogP contribution is -2.42. The Bertz CT molecular complexity index is 352. The number of likely N-dealkylation sites (tertiary alicyclic amines) is 1. The fourth-order valence-corrected chi connectivity index (χ4v) is 4.42. The summed E-state index contributed by atoms with van der Waals surface area (Å²) in [4.78, 5) is 14.7. The van der Waals surface area contributed by atoms with Crippen LogP contribution in [0.4, 0.5) is 0 Å². The van der Waals surface area contributed by atoms with Crippen LogP contribution in [0.3, 0.4) is 0 Å². The predicted molar refractivity (Wildman–Crippen MR) is 78.8 cm³/mol. The molecule has 1 heterocycles. The highest BCUT2D eigenvalue weighted by atomic mass is 79.9.